The molecule has 10 heteroatoms. The summed E-state index contributed by atoms with van der Waals surface area (Å²) in [5.74, 6) is -1.24. The van der Waals surface area contributed by atoms with Crippen LogP contribution in [-0.2, 0) is 41.8 Å². The van der Waals surface area contributed by atoms with Gasteiger partial charge >= 0.3 is 18.2 Å². The predicted molar refractivity (Wildman–Crippen MR) is 158 cm³/mol. The van der Waals surface area contributed by atoms with Gasteiger partial charge in [-0.1, -0.05) is 75.5 Å². The monoisotopic (exact) mass is 584 g/mol. The summed E-state index contributed by atoms with van der Waals surface area (Å²) >= 11 is 0. The third-order valence-corrected chi connectivity index (χ3v) is 6.52. The van der Waals surface area contributed by atoms with Gasteiger partial charge in [-0.25, -0.2) is 9.59 Å². The topological polar surface area (TPSA) is 120 Å². The minimum atomic E-state index is -0.776. The van der Waals surface area contributed by atoms with E-state index >= 15 is 0 Å². The van der Waals surface area contributed by atoms with Gasteiger partial charge in [-0.05, 0) is 24.5 Å². The van der Waals surface area contributed by atoms with Crippen molar-refractivity contribution in [3.8, 4) is 0 Å². The second-order valence-corrected chi connectivity index (χ2v) is 9.40. The van der Waals surface area contributed by atoms with Gasteiger partial charge in [0.2, 0.25) is 0 Å². The fourth-order valence-electron chi connectivity index (χ4n) is 4.21. The van der Waals surface area contributed by atoms with E-state index in [-0.39, 0.29) is 71.7 Å². The molecule has 2 aromatic rings. The zero-order valence-corrected chi connectivity index (χ0v) is 22.8. The Bertz CT molecular complexity index is 1130. The minimum Gasteiger partial charge on any atom is -0.465 e. The molecule has 0 aliphatic carbocycles. The van der Waals surface area contributed by atoms with Crippen molar-refractivity contribution in [1.29, 1.82) is 0 Å². The summed E-state index contributed by atoms with van der Waals surface area (Å²) in [4.78, 5) is 61.6. The van der Waals surface area contributed by atoms with Crippen LogP contribution in [0.5, 0.6) is 0 Å². The van der Waals surface area contributed by atoms with Crippen LogP contribution in [-0.4, -0.2) is 72.3 Å². The zero-order valence-electron chi connectivity index (χ0n) is 22.8. The number of rotatable bonds is 6. The summed E-state index contributed by atoms with van der Waals surface area (Å²) in [7, 11) is 0. The Hall–Kier alpha value is -4.21. The molecule has 2 aromatic carbocycles. The molecule has 0 spiro atoms. The lowest BCUT2D eigenvalue weighted by molar-refractivity contribution is -0.151. The smallest absolute Gasteiger partial charge is 0.410 e. The highest BCUT2D eigenvalue weighted by molar-refractivity contribution is 5.99. The molecule has 1 atom stereocenters. The molecule has 0 aromatic heterocycles. The number of amides is 2. The fraction of sp³-hybridized carbons (Fsp3) is 0.469. The van der Waals surface area contributed by atoms with Gasteiger partial charge in [0, 0.05) is 45.4 Å². The number of hydrogen-bond donors (Lipinski definition) is 0. The lowest BCUT2D eigenvalue weighted by Gasteiger charge is -2.25. The van der Waals surface area contributed by atoms with Crippen LogP contribution < -0.4 is 0 Å². The minimum absolute atomic E-state index is 0. The molecule has 2 aliphatic rings. The van der Waals surface area contributed by atoms with Crippen molar-refractivity contribution in [2.24, 2.45) is 5.92 Å². The van der Waals surface area contributed by atoms with Crippen molar-refractivity contribution < 1.29 is 38.2 Å². The van der Waals surface area contributed by atoms with Gasteiger partial charge in [0.1, 0.15) is 30.7 Å². The Balaban J connectivity index is 0.000000416. The van der Waals surface area contributed by atoms with Crippen LogP contribution in [0.2, 0.25) is 0 Å². The van der Waals surface area contributed by atoms with Crippen molar-refractivity contribution in [1.82, 2.24) is 9.80 Å². The molecular weight excluding hydrogens is 540 g/mol. The molecule has 2 aliphatic heterocycles. The number of carbonyl (C=O) groups is 5. The van der Waals surface area contributed by atoms with E-state index in [1.165, 1.54) is 4.90 Å². The number of ether oxygens (including phenoxy) is 3. The summed E-state index contributed by atoms with van der Waals surface area (Å²) in [6.45, 7) is 3.94. The van der Waals surface area contributed by atoms with Gasteiger partial charge in [0.05, 0.1) is 6.61 Å². The maximum Gasteiger partial charge on any atom is 0.410 e. The number of carbonyl (C=O) groups excluding carboxylic acids is 5. The summed E-state index contributed by atoms with van der Waals surface area (Å²) in [6, 6.07) is 18.9. The number of benzene rings is 2. The average molecular weight is 585 g/mol. The first kappa shape index (κ1) is 35.8. The first-order valence-corrected chi connectivity index (χ1v) is 13.5. The van der Waals surface area contributed by atoms with Crippen LogP contribution in [0.15, 0.2) is 60.7 Å². The molecule has 0 bridgehead atoms. The summed E-state index contributed by atoms with van der Waals surface area (Å²) < 4.78 is 15.4. The largest absolute Gasteiger partial charge is 0.465 e. The Morgan fingerprint density at radius 1 is 0.690 bits per heavy atom. The molecule has 230 valence electrons. The third kappa shape index (κ3) is 11.7. The highest BCUT2D eigenvalue weighted by Gasteiger charge is 2.32. The van der Waals surface area contributed by atoms with Gasteiger partial charge in [-0.15, -0.1) is 0 Å². The number of Topliss-reactive ketones (excluding diaryl/α,β-unsaturated/α-hetero) is 2. The van der Waals surface area contributed by atoms with E-state index in [0.717, 1.165) is 11.1 Å². The molecule has 2 amide bonds. The van der Waals surface area contributed by atoms with Crippen molar-refractivity contribution in [2.75, 3.05) is 32.8 Å². The van der Waals surface area contributed by atoms with Gasteiger partial charge < -0.3 is 24.0 Å². The molecule has 2 saturated heterocycles. The summed E-state index contributed by atoms with van der Waals surface area (Å²) in [5.41, 5.74) is 1.87. The second kappa shape index (κ2) is 19.0. The van der Waals surface area contributed by atoms with Crippen molar-refractivity contribution in [3.05, 3.63) is 71.8 Å². The lowest BCUT2D eigenvalue weighted by atomic mass is 10.00. The number of likely N-dealkylation sites (tertiary alicyclic amines) is 2. The van der Waals surface area contributed by atoms with Crippen LogP contribution in [0, 0.1) is 5.92 Å². The standard InChI is InChI=1S/C17H21NO5.C13H15NO3.2CH4/c1-2-22-16(20)14-8-10-18(11-9-15(14)19)17(21)23-12-13-6-4-3-5-7-13;15-12-6-8-14(9-7-12)13(16)17-10-11-4-2-1-3-5-11;;/h3-7,14H,2,8-12H2,1H3;1-5H,6-10H2;2*1H4. The van der Waals surface area contributed by atoms with E-state index in [2.05, 4.69) is 0 Å². The predicted octanol–water partition coefficient (Wildman–Crippen LogP) is 5.43. The van der Waals surface area contributed by atoms with Gasteiger partial charge in [-0.3, -0.25) is 14.4 Å². The zero-order chi connectivity index (χ0) is 28.7. The molecule has 42 heavy (non-hydrogen) atoms. The first-order chi connectivity index (χ1) is 19.4. The highest BCUT2D eigenvalue weighted by Crippen LogP contribution is 2.17. The van der Waals surface area contributed by atoms with Gasteiger partial charge in [-0.2, -0.15) is 0 Å². The van der Waals surface area contributed by atoms with E-state index in [1.807, 2.05) is 60.7 Å². The van der Waals surface area contributed by atoms with E-state index in [1.54, 1.807) is 11.8 Å². The lowest BCUT2D eigenvalue weighted by Crippen LogP contribution is -2.38. The highest BCUT2D eigenvalue weighted by atomic mass is 16.6. The summed E-state index contributed by atoms with van der Waals surface area (Å²) in [5, 5.41) is 0. The normalized spacial score (nSPS) is 16.4. The molecule has 2 fully saturated rings. The van der Waals surface area contributed by atoms with Crippen LogP contribution >= 0.6 is 0 Å². The first-order valence-electron chi connectivity index (χ1n) is 13.5. The second-order valence-electron chi connectivity index (χ2n) is 9.40. The van der Waals surface area contributed by atoms with Crippen LogP contribution in [0.25, 0.3) is 0 Å². The number of hydrogen-bond acceptors (Lipinski definition) is 8. The van der Waals surface area contributed by atoms with E-state index in [0.29, 0.717) is 32.5 Å². The Kier molecular flexibility index (Phi) is 16.2. The number of esters is 1. The molecule has 2 heterocycles. The molecule has 0 saturated carbocycles. The van der Waals surface area contributed by atoms with Gasteiger partial charge in [0.25, 0.3) is 0 Å². The van der Waals surface area contributed by atoms with Crippen LogP contribution in [0.4, 0.5) is 9.59 Å². The Labute approximate surface area is 248 Å². The van der Waals surface area contributed by atoms with Crippen LogP contribution in [0.1, 0.15) is 58.6 Å². The molecular formula is C32H44N2O8. The average Bonchev–Trinajstić information content (AvgIpc) is 3.18. The van der Waals surface area contributed by atoms with Crippen molar-refractivity contribution in [3.63, 3.8) is 0 Å². The van der Waals surface area contributed by atoms with Gasteiger partial charge in [0.15, 0.2) is 0 Å². The van der Waals surface area contributed by atoms with Crippen molar-refractivity contribution >= 4 is 29.7 Å². The number of nitrogens with zero attached hydrogens (tertiary/aromatic N) is 2. The SMILES string of the molecule is C.C.CCOC(=O)C1CCN(C(=O)OCc2ccccc2)CCC1=O.O=C1CCN(C(=O)OCc2ccccc2)CC1. The van der Waals surface area contributed by atoms with E-state index in [9.17, 15) is 24.0 Å². The quantitative estimate of drug-likeness (QED) is 0.251. The van der Waals surface area contributed by atoms with E-state index < -0.39 is 18.0 Å². The maximum atomic E-state index is 12.1. The number of piperidine rings is 1. The Morgan fingerprint density at radius 2 is 1.14 bits per heavy atom. The molecule has 4 rings (SSSR count). The third-order valence-electron chi connectivity index (χ3n) is 6.52. The molecule has 0 N–H and O–H groups in total. The summed E-state index contributed by atoms with van der Waals surface area (Å²) in [6.07, 6.45) is 0.510. The van der Waals surface area contributed by atoms with Crippen molar-refractivity contribution in [2.45, 2.75) is 60.7 Å². The van der Waals surface area contributed by atoms with E-state index in [4.69, 9.17) is 14.2 Å². The molecule has 1 unspecified atom stereocenters. The maximum absolute atomic E-state index is 12.1. The van der Waals surface area contributed by atoms with Crippen LogP contribution in [0.3, 0.4) is 0 Å². The Morgan fingerprint density at radius 3 is 1.62 bits per heavy atom. The molecule has 10 nitrogen and oxygen atoms in total. The number of ketones is 2. The fourth-order valence-corrected chi connectivity index (χ4v) is 4.21. The molecule has 0 radical (unpaired) electrons.